The fourth-order valence-electron chi connectivity index (χ4n) is 2.79. The first-order valence-electron chi connectivity index (χ1n) is 7.92. The first-order valence-corrected chi connectivity index (χ1v) is 7.92. The molecule has 1 aliphatic rings. The smallest absolute Gasteiger partial charge is 0.308 e. The second kappa shape index (κ2) is 7.17. The molecule has 1 atom stereocenters. The summed E-state index contributed by atoms with van der Waals surface area (Å²) in [5.41, 5.74) is 1.57. The molecule has 0 saturated carbocycles. The maximum Gasteiger partial charge on any atom is 0.308 e. The lowest BCUT2D eigenvalue weighted by atomic mass is 10.1. The molecule has 1 heterocycles. The fourth-order valence-corrected chi connectivity index (χ4v) is 2.79. The minimum Gasteiger partial charge on any atom is -0.489 e. The summed E-state index contributed by atoms with van der Waals surface area (Å²) >= 11 is 0. The normalized spacial score (nSPS) is 16.8. The highest BCUT2D eigenvalue weighted by molar-refractivity contribution is 5.95. The van der Waals surface area contributed by atoms with Gasteiger partial charge in [-0.1, -0.05) is 36.4 Å². The Morgan fingerprint density at radius 2 is 1.92 bits per heavy atom. The van der Waals surface area contributed by atoms with Crippen molar-refractivity contribution >= 4 is 11.9 Å². The molecule has 5 heteroatoms. The van der Waals surface area contributed by atoms with E-state index in [1.165, 1.54) is 0 Å². The number of amides is 1. The van der Waals surface area contributed by atoms with Crippen molar-refractivity contribution in [3.63, 3.8) is 0 Å². The molecule has 0 bridgehead atoms. The predicted molar refractivity (Wildman–Crippen MR) is 88.9 cm³/mol. The van der Waals surface area contributed by atoms with Crippen molar-refractivity contribution in [1.82, 2.24) is 4.90 Å². The lowest BCUT2D eigenvalue weighted by Crippen LogP contribution is -2.29. The van der Waals surface area contributed by atoms with E-state index in [2.05, 4.69) is 0 Å². The van der Waals surface area contributed by atoms with Crippen molar-refractivity contribution in [3.8, 4) is 5.75 Å². The van der Waals surface area contributed by atoms with Gasteiger partial charge in [-0.25, -0.2) is 0 Å². The molecule has 3 rings (SSSR count). The SMILES string of the molecule is O=C(O)[C@H]1CCN(C(=O)c2cccc(OCc3ccccc3)c2)C1. The van der Waals surface area contributed by atoms with Crippen LogP contribution in [-0.4, -0.2) is 35.0 Å². The highest BCUT2D eigenvalue weighted by atomic mass is 16.5. The number of likely N-dealkylation sites (tertiary alicyclic amines) is 1. The number of aliphatic carboxylic acids is 1. The monoisotopic (exact) mass is 325 g/mol. The third kappa shape index (κ3) is 3.74. The summed E-state index contributed by atoms with van der Waals surface area (Å²) in [5, 5.41) is 9.05. The number of ether oxygens (including phenoxy) is 1. The summed E-state index contributed by atoms with van der Waals surface area (Å²) in [4.78, 5) is 25.1. The van der Waals surface area contributed by atoms with Gasteiger partial charge >= 0.3 is 5.97 Å². The van der Waals surface area contributed by atoms with Crippen LogP contribution in [0.5, 0.6) is 5.75 Å². The first kappa shape index (κ1) is 16.1. The molecule has 1 N–H and O–H groups in total. The van der Waals surface area contributed by atoms with Gasteiger partial charge in [0.15, 0.2) is 0 Å². The average Bonchev–Trinajstić information content (AvgIpc) is 3.11. The quantitative estimate of drug-likeness (QED) is 0.918. The molecule has 1 aliphatic heterocycles. The molecule has 2 aromatic carbocycles. The van der Waals surface area contributed by atoms with Crippen LogP contribution < -0.4 is 4.74 Å². The fraction of sp³-hybridized carbons (Fsp3) is 0.263. The summed E-state index contributed by atoms with van der Waals surface area (Å²) in [7, 11) is 0. The van der Waals surface area contributed by atoms with Gasteiger partial charge in [0, 0.05) is 18.7 Å². The van der Waals surface area contributed by atoms with E-state index in [4.69, 9.17) is 9.84 Å². The predicted octanol–water partition coefficient (Wildman–Crippen LogP) is 2.81. The van der Waals surface area contributed by atoms with Gasteiger partial charge in [0.2, 0.25) is 0 Å². The first-order chi connectivity index (χ1) is 11.6. The topological polar surface area (TPSA) is 66.8 Å². The summed E-state index contributed by atoms with van der Waals surface area (Å²) in [6.45, 7) is 1.18. The standard InChI is InChI=1S/C19H19NO4/c21-18(20-10-9-16(12-20)19(22)23)15-7-4-8-17(11-15)24-13-14-5-2-1-3-6-14/h1-8,11,16H,9-10,12-13H2,(H,22,23)/t16-/m0/s1. The highest BCUT2D eigenvalue weighted by Gasteiger charge is 2.31. The summed E-state index contributed by atoms with van der Waals surface area (Å²) in [5.74, 6) is -0.834. The Morgan fingerprint density at radius 3 is 2.62 bits per heavy atom. The van der Waals surface area contributed by atoms with Gasteiger partial charge in [0.05, 0.1) is 5.92 Å². The van der Waals surface area contributed by atoms with Crippen LogP contribution in [0.4, 0.5) is 0 Å². The summed E-state index contributed by atoms with van der Waals surface area (Å²) in [6, 6.07) is 16.8. The Morgan fingerprint density at radius 1 is 1.12 bits per heavy atom. The van der Waals surface area contributed by atoms with Crippen LogP contribution in [0.15, 0.2) is 54.6 Å². The molecule has 24 heavy (non-hydrogen) atoms. The van der Waals surface area contributed by atoms with Gasteiger partial charge in [0.25, 0.3) is 5.91 Å². The van der Waals surface area contributed by atoms with E-state index in [-0.39, 0.29) is 12.5 Å². The molecule has 1 saturated heterocycles. The zero-order valence-corrected chi connectivity index (χ0v) is 13.2. The van der Waals surface area contributed by atoms with Crippen molar-refractivity contribution in [2.75, 3.05) is 13.1 Å². The molecule has 0 radical (unpaired) electrons. The number of benzene rings is 2. The highest BCUT2D eigenvalue weighted by Crippen LogP contribution is 2.21. The van der Waals surface area contributed by atoms with Crippen molar-refractivity contribution in [3.05, 3.63) is 65.7 Å². The van der Waals surface area contributed by atoms with E-state index in [9.17, 15) is 9.59 Å². The van der Waals surface area contributed by atoms with Gasteiger partial charge in [-0.05, 0) is 30.2 Å². The van der Waals surface area contributed by atoms with E-state index in [0.717, 1.165) is 5.56 Å². The zero-order valence-electron chi connectivity index (χ0n) is 13.2. The molecule has 0 aliphatic carbocycles. The van der Waals surface area contributed by atoms with Gasteiger partial charge in [-0.3, -0.25) is 9.59 Å². The van der Waals surface area contributed by atoms with Crippen molar-refractivity contribution in [1.29, 1.82) is 0 Å². The molecule has 1 amide bonds. The van der Waals surface area contributed by atoms with E-state index in [1.807, 2.05) is 36.4 Å². The zero-order chi connectivity index (χ0) is 16.9. The Labute approximate surface area is 140 Å². The van der Waals surface area contributed by atoms with Crippen molar-refractivity contribution < 1.29 is 19.4 Å². The maximum atomic E-state index is 12.5. The van der Waals surface area contributed by atoms with E-state index in [0.29, 0.717) is 30.9 Å². The van der Waals surface area contributed by atoms with Crippen LogP contribution >= 0.6 is 0 Å². The van der Waals surface area contributed by atoms with Crippen LogP contribution in [0.25, 0.3) is 0 Å². The number of carboxylic acids is 1. The molecular formula is C19H19NO4. The lowest BCUT2D eigenvalue weighted by molar-refractivity contribution is -0.141. The van der Waals surface area contributed by atoms with Gasteiger partial charge in [-0.2, -0.15) is 0 Å². The largest absolute Gasteiger partial charge is 0.489 e. The average molecular weight is 325 g/mol. The summed E-state index contributed by atoms with van der Waals surface area (Å²) < 4.78 is 5.74. The number of hydrogen-bond acceptors (Lipinski definition) is 3. The van der Waals surface area contributed by atoms with Crippen molar-refractivity contribution in [2.45, 2.75) is 13.0 Å². The summed E-state index contributed by atoms with van der Waals surface area (Å²) in [6.07, 6.45) is 0.505. The second-order valence-electron chi connectivity index (χ2n) is 5.88. The van der Waals surface area contributed by atoms with Gasteiger partial charge in [0.1, 0.15) is 12.4 Å². The third-order valence-corrected chi connectivity index (χ3v) is 4.15. The molecule has 1 fully saturated rings. The van der Waals surface area contributed by atoms with Crippen molar-refractivity contribution in [2.24, 2.45) is 5.92 Å². The van der Waals surface area contributed by atoms with Crippen LogP contribution in [0.3, 0.4) is 0 Å². The van der Waals surface area contributed by atoms with Crippen LogP contribution in [0.1, 0.15) is 22.3 Å². The number of hydrogen-bond donors (Lipinski definition) is 1. The number of carbonyl (C=O) groups excluding carboxylic acids is 1. The number of rotatable bonds is 5. The molecule has 2 aromatic rings. The minimum atomic E-state index is -0.842. The van der Waals surface area contributed by atoms with Crippen LogP contribution in [-0.2, 0) is 11.4 Å². The Bertz CT molecular complexity index is 729. The Hall–Kier alpha value is -2.82. The van der Waals surface area contributed by atoms with E-state index < -0.39 is 11.9 Å². The van der Waals surface area contributed by atoms with E-state index >= 15 is 0 Å². The van der Waals surface area contributed by atoms with Crippen LogP contribution in [0, 0.1) is 5.92 Å². The Kier molecular flexibility index (Phi) is 4.79. The molecule has 0 unspecified atom stereocenters. The minimum absolute atomic E-state index is 0.149. The van der Waals surface area contributed by atoms with Gasteiger partial charge < -0.3 is 14.7 Å². The second-order valence-corrected chi connectivity index (χ2v) is 5.88. The van der Waals surface area contributed by atoms with Crippen LogP contribution in [0.2, 0.25) is 0 Å². The number of carbonyl (C=O) groups is 2. The molecule has 0 spiro atoms. The van der Waals surface area contributed by atoms with Gasteiger partial charge in [-0.15, -0.1) is 0 Å². The molecule has 124 valence electrons. The molecule has 5 nitrogen and oxygen atoms in total. The third-order valence-electron chi connectivity index (χ3n) is 4.15. The van der Waals surface area contributed by atoms with E-state index in [1.54, 1.807) is 23.1 Å². The maximum absolute atomic E-state index is 12.5. The molecular weight excluding hydrogens is 306 g/mol. The number of nitrogens with zero attached hydrogens (tertiary/aromatic N) is 1. The molecule has 0 aromatic heterocycles. The Balaban J connectivity index is 1.64. The lowest BCUT2D eigenvalue weighted by Gasteiger charge is -2.16. The number of carboxylic acid groups (broad SMARTS) is 1.